The molecule has 0 atom stereocenters. The van der Waals surface area contributed by atoms with Gasteiger partial charge in [0.15, 0.2) is 0 Å². The lowest BCUT2D eigenvalue weighted by Crippen LogP contribution is -2.26. The van der Waals surface area contributed by atoms with Crippen LogP contribution in [0.15, 0.2) is 12.1 Å². The molecule has 0 fully saturated rings. The van der Waals surface area contributed by atoms with Gasteiger partial charge in [-0.2, -0.15) is 0 Å². The molecule has 16 heavy (non-hydrogen) atoms. The van der Waals surface area contributed by atoms with Crippen LogP contribution in [0.3, 0.4) is 0 Å². The van der Waals surface area contributed by atoms with Gasteiger partial charge in [-0.15, -0.1) is 0 Å². The average Bonchev–Trinajstić information content (AvgIpc) is 2.11. The molecule has 2 N–H and O–H groups in total. The number of carbonyl (C=O) groups is 1. The molecule has 1 rings (SSSR count). The molecule has 0 heterocycles. The number of hydrogen-bond donors (Lipinski definition) is 2. The van der Waals surface area contributed by atoms with Crippen molar-refractivity contribution >= 4 is 5.97 Å². The molecular weight excluding hydrogens is 204 g/mol. The SMILES string of the molecule is Cc1cc(O)cc(C)c1CC(C)(C)C(=O)O. The van der Waals surface area contributed by atoms with Crippen LogP contribution in [0.5, 0.6) is 5.75 Å². The van der Waals surface area contributed by atoms with Crippen LogP contribution in [0.1, 0.15) is 30.5 Å². The van der Waals surface area contributed by atoms with Crippen molar-refractivity contribution in [3.05, 3.63) is 28.8 Å². The van der Waals surface area contributed by atoms with E-state index < -0.39 is 11.4 Å². The third-order valence-corrected chi connectivity index (χ3v) is 2.88. The number of rotatable bonds is 3. The van der Waals surface area contributed by atoms with Gasteiger partial charge < -0.3 is 10.2 Å². The van der Waals surface area contributed by atoms with Crippen LogP contribution in [-0.4, -0.2) is 16.2 Å². The van der Waals surface area contributed by atoms with E-state index in [0.29, 0.717) is 6.42 Å². The molecule has 0 unspecified atom stereocenters. The number of aryl methyl sites for hydroxylation is 2. The number of benzene rings is 1. The Bertz CT molecular complexity index is 396. The Morgan fingerprint density at radius 2 is 1.69 bits per heavy atom. The maximum Gasteiger partial charge on any atom is 0.309 e. The standard InChI is InChI=1S/C13H18O3/c1-8-5-10(14)6-9(2)11(8)7-13(3,4)12(15)16/h5-6,14H,7H2,1-4H3,(H,15,16). The fourth-order valence-electron chi connectivity index (χ4n) is 1.77. The number of aliphatic carboxylic acids is 1. The highest BCUT2D eigenvalue weighted by molar-refractivity contribution is 5.74. The smallest absolute Gasteiger partial charge is 0.309 e. The first kappa shape index (κ1) is 12.6. The Balaban J connectivity index is 3.11. The summed E-state index contributed by atoms with van der Waals surface area (Å²) in [7, 11) is 0. The number of carboxylic acids is 1. The van der Waals surface area contributed by atoms with Crippen LogP contribution < -0.4 is 0 Å². The summed E-state index contributed by atoms with van der Waals surface area (Å²) in [5.41, 5.74) is 2.09. The Kier molecular flexibility index (Phi) is 3.27. The zero-order valence-electron chi connectivity index (χ0n) is 10.2. The molecule has 0 spiro atoms. The first-order valence-corrected chi connectivity index (χ1v) is 5.26. The van der Waals surface area contributed by atoms with Gasteiger partial charge in [0.25, 0.3) is 0 Å². The van der Waals surface area contributed by atoms with Gasteiger partial charge >= 0.3 is 5.97 Å². The molecule has 3 nitrogen and oxygen atoms in total. The predicted octanol–water partition coefficient (Wildman–Crippen LogP) is 2.66. The molecule has 0 bridgehead atoms. The van der Waals surface area contributed by atoms with Crippen molar-refractivity contribution < 1.29 is 15.0 Å². The van der Waals surface area contributed by atoms with E-state index in [1.165, 1.54) is 0 Å². The van der Waals surface area contributed by atoms with Gasteiger partial charge in [0, 0.05) is 0 Å². The molecule has 0 aliphatic rings. The quantitative estimate of drug-likeness (QED) is 0.826. The van der Waals surface area contributed by atoms with Crippen LogP contribution in [0, 0.1) is 19.3 Å². The van der Waals surface area contributed by atoms with Crippen LogP contribution >= 0.6 is 0 Å². The highest BCUT2D eigenvalue weighted by atomic mass is 16.4. The number of hydrogen-bond acceptors (Lipinski definition) is 2. The van der Waals surface area contributed by atoms with Crippen molar-refractivity contribution in [3.63, 3.8) is 0 Å². The normalized spacial score (nSPS) is 11.5. The molecule has 0 aromatic heterocycles. The van der Waals surface area contributed by atoms with E-state index in [1.54, 1.807) is 26.0 Å². The molecule has 0 aliphatic carbocycles. The zero-order chi connectivity index (χ0) is 12.5. The van der Waals surface area contributed by atoms with Gasteiger partial charge in [0.1, 0.15) is 5.75 Å². The third kappa shape index (κ3) is 2.54. The molecule has 3 heteroatoms. The summed E-state index contributed by atoms with van der Waals surface area (Å²) in [6.07, 6.45) is 0.472. The van der Waals surface area contributed by atoms with E-state index in [4.69, 9.17) is 5.11 Å². The summed E-state index contributed by atoms with van der Waals surface area (Å²) in [4.78, 5) is 11.1. The minimum atomic E-state index is -0.806. The van der Waals surface area contributed by atoms with Crippen molar-refractivity contribution in [2.75, 3.05) is 0 Å². The zero-order valence-corrected chi connectivity index (χ0v) is 10.2. The molecule has 1 aromatic rings. The number of aromatic hydroxyl groups is 1. The molecule has 0 aliphatic heterocycles. The predicted molar refractivity (Wildman–Crippen MR) is 62.7 cm³/mol. The lowest BCUT2D eigenvalue weighted by atomic mass is 9.83. The van der Waals surface area contributed by atoms with Crippen molar-refractivity contribution in [2.24, 2.45) is 5.41 Å². The third-order valence-electron chi connectivity index (χ3n) is 2.88. The van der Waals surface area contributed by atoms with Crippen molar-refractivity contribution in [1.29, 1.82) is 0 Å². The monoisotopic (exact) mass is 222 g/mol. The second-order valence-electron chi connectivity index (χ2n) is 4.92. The summed E-state index contributed by atoms with van der Waals surface area (Å²) in [6, 6.07) is 3.33. The van der Waals surface area contributed by atoms with Gasteiger partial charge in [0.05, 0.1) is 5.41 Å². The molecule has 0 radical (unpaired) electrons. The van der Waals surface area contributed by atoms with E-state index in [1.807, 2.05) is 13.8 Å². The fraction of sp³-hybridized carbons (Fsp3) is 0.462. The Morgan fingerprint density at radius 3 is 2.06 bits per heavy atom. The Labute approximate surface area is 95.7 Å². The minimum Gasteiger partial charge on any atom is -0.508 e. The van der Waals surface area contributed by atoms with E-state index in [0.717, 1.165) is 16.7 Å². The summed E-state index contributed by atoms with van der Waals surface area (Å²) < 4.78 is 0. The van der Waals surface area contributed by atoms with Crippen molar-refractivity contribution in [1.82, 2.24) is 0 Å². The van der Waals surface area contributed by atoms with Gasteiger partial charge in [-0.25, -0.2) is 0 Å². The first-order chi connectivity index (χ1) is 7.24. The number of phenolic OH excluding ortho intramolecular Hbond substituents is 1. The second kappa shape index (κ2) is 4.16. The molecule has 0 saturated carbocycles. The number of phenols is 1. The lowest BCUT2D eigenvalue weighted by molar-refractivity contribution is -0.146. The Hall–Kier alpha value is -1.51. The maximum atomic E-state index is 11.1. The molecule has 0 saturated heterocycles. The Morgan fingerprint density at radius 1 is 1.25 bits per heavy atom. The minimum absolute atomic E-state index is 0.229. The van der Waals surface area contributed by atoms with Crippen molar-refractivity contribution in [2.45, 2.75) is 34.1 Å². The highest BCUT2D eigenvalue weighted by Crippen LogP contribution is 2.28. The largest absolute Gasteiger partial charge is 0.508 e. The van der Waals surface area contributed by atoms with Gasteiger partial charge in [-0.3, -0.25) is 4.79 Å². The van der Waals surface area contributed by atoms with Crippen LogP contribution in [-0.2, 0) is 11.2 Å². The van der Waals surface area contributed by atoms with Crippen molar-refractivity contribution in [3.8, 4) is 5.75 Å². The summed E-state index contributed by atoms with van der Waals surface area (Å²) in [5, 5.41) is 18.5. The topological polar surface area (TPSA) is 57.5 Å². The van der Waals surface area contributed by atoms with Gasteiger partial charge in [0.2, 0.25) is 0 Å². The second-order valence-corrected chi connectivity index (χ2v) is 4.92. The molecule has 0 amide bonds. The average molecular weight is 222 g/mol. The van der Waals surface area contributed by atoms with E-state index in [-0.39, 0.29) is 5.75 Å². The summed E-state index contributed by atoms with van der Waals surface area (Å²) in [6.45, 7) is 7.20. The fourth-order valence-corrected chi connectivity index (χ4v) is 1.77. The summed E-state index contributed by atoms with van der Waals surface area (Å²) in [5.74, 6) is -0.578. The molecular formula is C13H18O3. The van der Waals surface area contributed by atoms with Crippen LogP contribution in [0.4, 0.5) is 0 Å². The molecule has 1 aromatic carbocycles. The highest BCUT2D eigenvalue weighted by Gasteiger charge is 2.28. The summed E-state index contributed by atoms with van der Waals surface area (Å²) >= 11 is 0. The maximum absolute atomic E-state index is 11.1. The van der Waals surface area contributed by atoms with Gasteiger partial charge in [-0.1, -0.05) is 0 Å². The first-order valence-electron chi connectivity index (χ1n) is 5.26. The van der Waals surface area contributed by atoms with Crippen LogP contribution in [0.2, 0.25) is 0 Å². The lowest BCUT2D eigenvalue weighted by Gasteiger charge is -2.21. The van der Waals surface area contributed by atoms with Crippen LogP contribution in [0.25, 0.3) is 0 Å². The molecule has 88 valence electrons. The van der Waals surface area contributed by atoms with E-state index >= 15 is 0 Å². The van der Waals surface area contributed by atoms with E-state index in [2.05, 4.69) is 0 Å². The van der Waals surface area contributed by atoms with Gasteiger partial charge in [-0.05, 0) is 62.9 Å². The number of carboxylic acid groups (broad SMARTS) is 1. The van der Waals surface area contributed by atoms with E-state index in [9.17, 15) is 9.90 Å².